The third kappa shape index (κ3) is 4.39. The van der Waals surface area contributed by atoms with Crippen LogP contribution in [0, 0.1) is 26.7 Å². The summed E-state index contributed by atoms with van der Waals surface area (Å²) >= 11 is 1.44. The Kier molecular flexibility index (Phi) is 5.79. The van der Waals surface area contributed by atoms with Gasteiger partial charge in [0.25, 0.3) is 5.91 Å². The number of aromatic nitrogens is 1. The highest BCUT2D eigenvalue weighted by atomic mass is 32.1. The van der Waals surface area contributed by atoms with Gasteiger partial charge in [-0.05, 0) is 56.0 Å². The van der Waals surface area contributed by atoms with Gasteiger partial charge in [0.05, 0.1) is 10.2 Å². The van der Waals surface area contributed by atoms with Gasteiger partial charge in [0.1, 0.15) is 6.04 Å². The van der Waals surface area contributed by atoms with Gasteiger partial charge in [-0.15, -0.1) is 0 Å². The number of fused-ring (bicyclic) bond motifs is 1. The number of amides is 2. The second-order valence-electron chi connectivity index (χ2n) is 7.50. The highest BCUT2D eigenvalue weighted by molar-refractivity contribution is 7.22. The van der Waals surface area contributed by atoms with Gasteiger partial charge in [0.15, 0.2) is 5.13 Å². The Morgan fingerprint density at radius 1 is 1.00 bits per heavy atom. The third-order valence-corrected chi connectivity index (χ3v) is 5.53. The van der Waals surface area contributed by atoms with E-state index in [-0.39, 0.29) is 17.7 Å². The Morgan fingerprint density at radius 3 is 2.32 bits per heavy atom. The monoisotopic (exact) mass is 395 g/mol. The van der Waals surface area contributed by atoms with Crippen molar-refractivity contribution in [2.45, 2.75) is 40.7 Å². The predicted molar refractivity (Wildman–Crippen MR) is 115 cm³/mol. The Morgan fingerprint density at radius 2 is 1.68 bits per heavy atom. The average Bonchev–Trinajstić information content (AvgIpc) is 3.02. The van der Waals surface area contributed by atoms with E-state index in [1.165, 1.54) is 11.3 Å². The molecule has 0 fully saturated rings. The zero-order valence-electron chi connectivity index (χ0n) is 16.8. The summed E-state index contributed by atoms with van der Waals surface area (Å²) in [6.45, 7) is 9.84. The molecule has 6 heteroatoms. The molecule has 1 heterocycles. The molecule has 2 amide bonds. The third-order valence-electron chi connectivity index (χ3n) is 4.61. The van der Waals surface area contributed by atoms with Crippen LogP contribution >= 0.6 is 11.3 Å². The van der Waals surface area contributed by atoms with E-state index in [1.807, 2.05) is 46.8 Å². The number of hydrogen-bond acceptors (Lipinski definition) is 4. The minimum Gasteiger partial charge on any atom is -0.340 e. The molecule has 0 radical (unpaired) electrons. The fraction of sp³-hybridized carbons (Fsp3) is 0.318. The maximum absolute atomic E-state index is 12.8. The fourth-order valence-corrected chi connectivity index (χ4v) is 4.12. The van der Waals surface area contributed by atoms with Gasteiger partial charge in [-0.2, -0.15) is 0 Å². The minimum atomic E-state index is -0.649. The first-order valence-corrected chi connectivity index (χ1v) is 10.1. The zero-order chi connectivity index (χ0) is 20.4. The van der Waals surface area contributed by atoms with E-state index in [0.29, 0.717) is 10.7 Å². The molecule has 2 N–H and O–H groups in total. The number of hydrogen-bond donors (Lipinski definition) is 2. The lowest BCUT2D eigenvalue weighted by molar-refractivity contribution is -0.118. The van der Waals surface area contributed by atoms with Crippen LogP contribution in [0.15, 0.2) is 36.4 Å². The maximum Gasteiger partial charge on any atom is 0.251 e. The number of carbonyl (C=O) groups is 2. The molecule has 0 aliphatic rings. The van der Waals surface area contributed by atoms with E-state index in [9.17, 15) is 9.59 Å². The fourth-order valence-electron chi connectivity index (χ4n) is 3.07. The van der Waals surface area contributed by atoms with E-state index in [0.717, 1.165) is 26.9 Å². The Labute approximate surface area is 169 Å². The lowest BCUT2D eigenvalue weighted by atomic mass is 10.0. The summed E-state index contributed by atoms with van der Waals surface area (Å²) in [5.41, 5.74) is 4.76. The van der Waals surface area contributed by atoms with Crippen LogP contribution in [-0.4, -0.2) is 22.8 Å². The van der Waals surface area contributed by atoms with Gasteiger partial charge >= 0.3 is 0 Å². The largest absolute Gasteiger partial charge is 0.340 e. The number of rotatable bonds is 5. The number of aryl methyl sites for hydroxylation is 3. The minimum absolute atomic E-state index is 0.0623. The molecular formula is C22H25N3O2S. The number of nitrogens with zero attached hydrogens (tertiary/aromatic N) is 1. The van der Waals surface area contributed by atoms with Crippen molar-refractivity contribution < 1.29 is 9.59 Å². The molecular weight excluding hydrogens is 370 g/mol. The Hall–Kier alpha value is -2.73. The van der Waals surface area contributed by atoms with Gasteiger partial charge in [0.2, 0.25) is 5.91 Å². The van der Waals surface area contributed by atoms with Crippen LogP contribution in [-0.2, 0) is 4.79 Å². The second kappa shape index (κ2) is 8.10. The highest BCUT2D eigenvalue weighted by Crippen LogP contribution is 2.29. The van der Waals surface area contributed by atoms with E-state index in [1.54, 1.807) is 12.1 Å². The van der Waals surface area contributed by atoms with E-state index in [2.05, 4.69) is 27.8 Å². The van der Waals surface area contributed by atoms with Crippen LogP contribution in [0.25, 0.3) is 10.2 Å². The van der Waals surface area contributed by atoms with Crippen molar-refractivity contribution in [3.05, 3.63) is 58.7 Å². The van der Waals surface area contributed by atoms with E-state index >= 15 is 0 Å². The molecule has 2 aromatic carbocycles. The van der Waals surface area contributed by atoms with Gasteiger partial charge in [-0.25, -0.2) is 4.98 Å². The number of anilines is 1. The summed E-state index contributed by atoms with van der Waals surface area (Å²) in [4.78, 5) is 29.9. The lowest BCUT2D eigenvalue weighted by Crippen LogP contribution is -2.47. The molecule has 0 saturated heterocycles. The summed E-state index contributed by atoms with van der Waals surface area (Å²) in [6, 6.07) is 10.8. The van der Waals surface area contributed by atoms with Crippen molar-refractivity contribution in [2.24, 2.45) is 5.92 Å². The lowest BCUT2D eigenvalue weighted by Gasteiger charge is -2.21. The van der Waals surface area contributed by atoms with Crippen molar-refractivity contribution in [3.8, 4) is 0 Å². The summed E-state index contributed by atoms with van der Waals surface area (Å²) in [5.74, 6) is -0.582. The molecule has 1 unspecified atom stereocenters. The van der Waals surface area contributed by atoms with Crippen LogP contribution in [0.4, 0.5) is 5.13 Å². The molecule has 0 saturated carbocycles. The molecule has 0 aliphatic heterocycles. The summed E-state index contributed by atoms with van der Waals surface area (Å²) < 4.78 is 1.04. The Balaban J connectivity index is 1.77. The van der Waals surface area contributed by atoms with Crippen molar-refractivity contribution in [3.63, 3.8) is 0 Å². The highest BCUT2D eigenvalue weighted by Gasteiger charge is 2.25. The number of thiazole rings is 1. The van der Waals surface area contributed by atoms with Crippen molar-refractivity contribution in [1.82, 2.24) is 10.3 Å². The molecule has 0 bridgehead atoms. The Bertz CT molecular complexity index is 1020. The number of benzene rings is 2. The molecule has 3 aromatic rings. The van der Waals surface area contributed by atoms with Crippen LogP contribution in [0.3, 0.4) is 0 Å². The topological polar surface area (TPSA) is 71.1 Å². The first-order chi connectivity index (χ1) is 13.2. The molecule has 146 valence electrons. The van der Waals surface area contributed by atoms with Gasteiger partial charge in [0, 0.05) is 5.56 Å². The predicted octanol–water partition coefficient (Wildman–Crippen LogP) is 4.61. The normalized spacial score (nSPS) is 12.2. The van der Waals surface area contributed by atoms with Crippen LogP contribution < -0.4 is 10.6 Å². The average molecular weight is 396 g/mol. The SMILES string of the molecule is Cc1ccc(C(=O)NC(C(=O)Nc2nc3c(C)cc(C)cc3s2)C(C)C)cc1. The first-order valence-electron chi connectivity index (χ1n) is 9.31. The van der Waals surface area contributed by atoms with E-state index in [4.69, 9.17) is 0 Å². The zero-order valence-corrected chi connectivity index (χ0v) is 17.6. The van der Waals surface area contributed by atoms with Crippen molar-refractivity contribution >= 4 is 38.5 Å². The van der Waals surface area contributed by atoms with Gasteiger partial charge in [-0.1, -0.05) is 48.9 Å². The van der Waals surface area contributed by atoms with Gasteiger partial charge in [-0.3, -0.25) is 9.59 Å². The standard InChI is InChI=1S/C22H25N3O2S/c1-12(2)18(23-20(26)16-8-6-13(3)7-9-16)21(27)25-22-24-19-15(5)10-14(4)11-17(19)28-22/h6-12,18H,1-5H3,(H,23,26)(H,24,25,27). The summed E-state index contributed by atoms with van der Waals surface area (Å²) in [7, 11) is 0. The second-order valence-corrected chi connectivity index (χ2v) is 8.53. The molecule has 0 spiro atoms. The first kappa shape index (κ1) is 20.0. The molecule has 0 aliphatic carbocycles. The molecule has 5 nitrogen and oxygen atoms in total. The van der Waals surface area contributed by atoms with Crippen molar-refractivity contribution in [1.29, 1.82) is 0 Å². The molecule has 28 heavy (non-hydrogen) atoms. The summed E-state index contributed by atoms with van der Waals surface area (Å²) in [5, 5.41) is 6.28. The van der Waals surface area contributed by atoms with Crippen molar-refractivity contribution in [2.75, 3.05) is 5.32 Å². The quantitative estimate of drug-likeness (QED) is 0.662. The van der Waals surface area contributed by atoms with Crippen LogP contribution in [0.1, 0.15) is 40.9 Å². The van der Waals surface area contributed by atoms with Crippen LogP contribution in [0.2, 0.25) is 0 Å². The maximum atomic E-state index is 12.8. The van der Waals surface area contributed by atoms with E-state index < -0.39 is 6.04 Å². The molecule has 1 aromatic heterocycles. The smallest absolute Gasteiger partial charge is 0.251 e. The number of carbonyl (C=O) groups excluding carboxylic acids is 2. The molecule has 3 rings (SSSR count). The molecule has 1 atom stereocenters. The van der Waals surface area contributed by atoms with Gasteiger partial charge < -0.3 is 10.6 Å². The van der Waals surface area contributed by atoms with Crippen LogP contribution in [0.5, 0.6) is 0 Å². The number of nitrogens with one attached hydrogen (secondary N) is 2. The summed E-state index contributed by atoms with van der Waals surface area (Å²) in [6.07, 6.45) is 0.